The van der Waals surface area contributed by atoms with Gasteiger partial charge < -0.3 is 20.7 Å². The van der Waals surface area contributed by atoms with Crippen LogP contribution in [0.5, 0.6) is 0 Å². The van der Waals surface area contributed by atoms with Crippen LogP contribution < -0.4 is 11.1 Å². The number of ether oxygens (including phenoxy) is 1. The molecule has 0 aromatic carbocycles. The molecule has 37 heavy (non-hydrogen) atoms. The van der Waals surface area contributed by atoms with Crippen molar-refractivity contribution in [3.8, 4) is 0 Å². The van der Waals surface area contributed by atoms with E-state index in [2.05, 4.69) is 17.2 Å². The Morgan fingerprint density at radius 1 is 1.08 bits per heavy atom. The Kier molecular flexibility index (Phi) is 18.3. The monoisotopic (exact) mass is 558 g/mol. The molecule has 1 fully saturated rings. The molecule has 2 atom stereocenters. The van der Waals surface area contributed by atoms with E-state index in [1.54, 1.807) is 5.51 Å². The van der Waals surface area contributed by atoms with Crippen LogP contribution in [-0.4, -0.2) is 59.4 Å². The van der Waals surface area contributed by atoms with Gasteiger partial charge in [0.05, 0.1) is 23.9 Å². The molecule has 0 radical (unpaired) electrons. The minimum Gasteiger partial charge on any atom is -0.464 e. The predicted octanol–water partition coefficient (Wildman–Crippen LogP) is 4.79. The Morgan fingerprint density at radius 3 is 2.30 bits per heavy atom. The zero-order valence-corrected chi connectivity index (χ0v) is 24.1. The molecule has 10 heteroatoms. The Bertz CT molecular complexity index is 766. The van der Waals surface area contributed by atoms with Crippen LogP contribution >= 0.6 is 23.7 Å². The number of hydrogen-bond donors (Lipinski definition) is 2. The summed E-state index contributed by atoms with van der Waals surface area (Å²) in [6.07, 6.45) is 16.7. The van der Waals surface area contributed by atoms with Crippen molar-refractivity contribution in [2.75, 3.05) is 19.7 Å². The fourth-order valence-electron chi connectivity index (χ4n) is 4.62. The van der Waals surface area contributed by atoms with Crippen molar-refractivity contribution in [2.24, 2.45) is 5.73 Å². The van der Waals surface area contributed by atoms with Crippen molar-refractivity contribution < 1.29 is 19.1 Å². The third kappa shape index (κ3) is 13.6. The van der Waals surface area contributed by atoms with E-state index in [-0.39, 0.29) is 30.8 Å². The highest BCUT2D eigenvalue weighted by Gasteiger charge is 2.36. The average molecular weight is 559 g/mol. The third-order valence-corrected chi connectivity index (χ3v) is 7.37. The van der Waals surface area contributed by atoms with Crippen LogP contribution in [0.4, 0.5) is 0 Å². The molecule has 2 heterocycles. The number of thiazole rings is 1. The Labute approximate surface area is 232 Å². The summed E-state index contributed by atoms with van der Waals surface area (Å²) in [7, 11) is 0. The quantitative estimate of drug-likeness (QED) is 0.186. The lowest BCUT2D eigenvalue weighted by Crippen LogP contribution is -2.52. The molecule has 0 aliphatic carbocycles. The van der Waals surface area contributed by atoms with Gasteiger partial charge in [0.1, 0.15) is 12.6 Å². The number of nitrogens with two attached hydrogens (primary N) is 1. The van der Waals surface area contributed by atoms with Crippen LogP contribution in [0, 0.1) is 0 Å². The minimum absolute atomic E-state index is 0. The van der Waals surface area contributed by atoms with E-state index in [1.807, 2.05) is 5.38 Å². The fraction of sp³-hybridized carbons (Fsp3) is 0.778. The molecule has 2 amide bonds. The molecular weight excluding hydrogens is 512 g/mol. The third-order valence-electron chi connectivity index (χ3n) is 6.74. The number of halogens is 1. The Hall–Kier alpha value is -1.71. The molecule has 2 rings (SSSR count). The fourth-order valence-corrected chi connectivity index (χ4v) is 5.20. The standard InChI is InChI=1S/C27H46N4O4S.ClH/c1-2-3-4-5-6-7-8-9-10-11-12-13-17-35-25(32)19-29-26(33)24-15-14-16-31(24)27(34)23(28)18-22-20-36-21-30-22;/h20-21,23-24H,2-19,28H2,1H3,(H,29,33);1H/t23-,24-;/m0./s1. The van der Waals surface area contributed by atoms with Crippen LogP contribution in [0.2, 0.25) is 0 Å². The van der Waals surface area contributed by atoms with Gasteiger partial charge in [-0.25, -0.2) is 4.98 Å². The predicted molar refractivity (Wildman–Crippen MR) is 151 cm³/mol. The second-order valence-corrected chi connectivity index (χ2v) is 10.5. The lowest BCUT2D eigenvalue weighted by Gasteiger charge is -2.26. The van der Waals surface area contributed by atoms with Crippen LogP contribution in [0.25, 0.3) is 0 Å². The van der Waals surface area contributed by atoms with Gasteiger partial charge in [0.2, 0.25) is 11.8 Å². The van der Waals surface area contributed by atoms with Crippen LogP contribution in [0.3, 0.4) is 0 Å². The van der Waals surface area contributed by atoms with Gasteiger partial charge >= 0.3 is 5.97 Å². The van der Waals surface area contributed by atoms with Gasteiger partial charge in [-0.15, -0.1) is 23.7 Å². The summed E-state index contributed by atoms with van der Waals surface area (Å²) >= 11 is 1.46. The molecule has 0 bridgehead atoms. The van der Waals surface area contributed by atoms with E-state index in [9.17, 15) is 14.4 Å². The summed E-state index contributed by atoms with van der Waals surface area (Å²) in [4.78, 5) is 43.1. The number of unbranched alkanes of at least 4 members (excludes halogenated alkanes) is 11. The Balaban J connectivity index is 0.00000684. The number of carbonyl (C=O) groups excluding carboxylic acids is 3. The van der Waals surface area contributed by atoms with Crippen molar-refractivity contribution >= 4 is 41.5 Å². The highest BCUT2D eigenvalue weighted by atomic mass is 35.5. The zero-order chi connectivity index (χ0) is 26.0. The largest absolute Gasteiger partial charge is 0.464 e. The van der Waals surface area contributed by atoms with Crippen molar-refractivity contribution in [1.82, 2.24) is 15.2 Å². The van der Waals surface area contributed by atoms with Crippen molar-refractivity contribution in [3.05, 3.63) is 16.6 Å². The molecule has 1 aromatic rings. The topological polar surface area (TPSA) is 115 Å². The second kappa shape index (κ2) is 20.3. The molecule has 0 unspecified atom stereocenters. The number of hydrogen-bond acceptors (Lipinski definition) is 7. The summed E-state index contributed by atoms with van der Waals surface area (Å²) in [5.41, 5.74) is 8.56. The summed E-state index contributed by atoms with van der Waals surface area (Å²) < 4.78 is 5.26. The van der Waals surface area contributed by atoms with E-state index in [0.29, 0.717) is 26.0 Å². The van der Waals surface area contributed by atoms with Crippen molar-refractivity contribution in [2.45, 2.75) is 115 Å². The molecule has 212 valence electrons. The van der Waals surface area contributed by atoms with Gasteiger partial charge in [0.15, 0.2) is 0 Å². The zero-order valence-electron chi connectivity index (χ0n) is 22.5. The van der Waals surface area contributed by atoms with Gasteiger partial charge in [0.25, 0.3) is 0 Å². The van der Waals surface area contributed by atoms with Gasteiger partial charge in [0, 0.05) is 18.3 Å². The lowest BCUT2D eigenvalue weighted by atomic mass is 10.1. The first-order valence-electron chi connectivity index (χ1n) is 13.9. The minimum atomic E-state index is -0.735. The molecule has 0 saturated carbocycles. The molecule has 1 aliphatic rings. The first-order valence-corrected chi connectivity index (χ1v) is 14.8. The lowest BCUT2D eigenvalue weighted by molar-refractivity contribution is -0.145. The van der Waals surface area contributed by atoms with Gasteiger partial charge in [-0.1, -0.05) is 77.6 Å². The second-order valence-electron chi connectivity index (χ2n) is 9.81. The number of likely N-dealkylation sites (tertiary alicyclic amines) is 1. The molecule has 3 N–H and O–H groups in total. The average Bonchev–Trinajstić information content (AvgIpc) is 3.57. The van der Waals surface area contributed by atoms with E-state index in [4.69, 9.17) is 10.5 Å². The maximum Gasteiger partial charge on any atom is 0.325 e. The maximum absolute atomic E-state index is 12.8. The van der Waals surface area contributed by atoms with Gasteiger partial charge in [-0.05, 0) is 19.3 Å². The van der Waals surface area contributed by atoms with Crippen LogP contribution in [0.15, 0.2) is 10.9 Å². The van der Waals surface area contributed by atoms with E-state index < -0.39 is 18.1 Å². The van der Waals surface area contributed by atoms with Crippen molar-refractivity contribution in [1.29, 1.82) is 0 Å². The van der Waals surface area contributed by atoms with Gasteiger partial charge in [-0.2, -0.15) is 0 Å². The normalized spacial score (nSPS) is 15.7. The first-order chi connectivity index (χ1) is 17.5. The molecule has 1 saturated heterocycles. The van der Waals surface area contributed by atoms with Crippen LogP contribution in [-0.2, 0) is 25.5 Å². The van der Waals surface area contributed by atoms with E-state index in [0.717, 1.165) is 25.0 Å². The highest BCUT2D eigenvalue weighted by molar-refractivity contribution is 7.07. The molecule has 0 spiro atoms. The maximum atomic E-state index is 12.8. The molecular formula is C27H47ClN4O4S. The number of rotatable bonds is 19. The highest BCUT2D eigenvalue weighted by Crippen LogP contribution is 2.19. The Morgan fingerprint density at radius 2 is 1.70 bits per heavy atom. The van der Waals surface area contributed by atoms with Crippen LogP contribution in [0.1, 0.15) is 103 Å². The number of amides is 2. The SMILES string of the molecule is CCCCCCCCCCCCCCOC(=O)CNC(=O)[C@@H]1CCCN1C(=O)[C@@H](N)Cc1cscn1.Cl. The number of nitrogens with zero attached hydrogens (tertiary/aromatic N) is 2. The number of aromatic nitrogens is 1. The molecule has 1 aromatic heterocycles. The number of esters is 1. The van der Waals surface area contributed by atoms with Crippen molar-refractivity contribution in [3.63, 3.8) is 0 Å². The molecule has 8 nitrogen and oxygen atoms in total. The number of carbonyl (C=O) groups is 3. The summed E-state index contributed by atoms with van der Waals surface area (Å²) in [6, 6.07) is -1.33. The molecule has 1 aliphatic heterocycles. The number of nitrogens with one attached hydrogen (secondary N) is 1. The van der Waals surface area contributed by atoms with Gasteiger partial charge in [-0.3, -0.25) is 14.4 Å². The first kappa shape index (κ1) is 33.3. The van der Waals surface area contributed by atoms with E-state index in [1.165, 1.54) is 80.4 Å². The summed E-state index contributed by atoms with van der Waals surface area (Å²) in [5.74, 6) is -1.03. The summed E-state index contributed by atoms with van der Waals surface area (Å²) in [6.45, 7) is 2.94. The summed E-state index contributed by atoms with van der Waals surface area (Å²) in [5, 5.41) is 4.50. The van der Waals surface area contributed by atoms with E-state index >= 15 is 0 Å². The smallest absolute Gasteiger partial charge is 0.325 e.